The number of halogens is 3. The van der Waals surface area contributed by atoms with E-state index in [1.807, 2.05) is 0 Å². The molecule has 2 aromatic rings. The minimum absolute atomic E-state index is 0.126. The number of rotatable bonds is 4. The van der Waals surface area contributed by atoms with Crippen molar-refractivity contribution in [1.29, 1.82) is 0 Å². The van der Waals surface area contributed by atoms with E-state index in [4.69, 9.17) is 27.9 Å². The Labute approximate surface area is 158 Å². The molecule has 1 aromatic carbocycles. The van der Waals surface area contributed by atoms with Gasteiger partial charge in [-0.25, -0.2) is 14.0 Å². The molecule has 0 aliphatic rings. The molecule has 0 spiro atoms. The molecule has 1 heterocycles. The van der Waals surface area contributed by atoms with Gasteiger partial charge in [0.2, 0.25) is 0 Å². The van der Waals surface area contributed by atoms with Crippen molar-refractivity contribution >= 4 is 35.2 Å². The van der Waals surface area contributed by atoms with E-state index >= 15 is 0 Å². The normalized spacial score (nSPS) is 12.4. The zero-order valence-corrected chi connectivity index (χ0v) is 15.6. The van der Waals surface area contributed by atoms with Crippen molar-refractivity contribution < 1.29 is 13.9 Å². The van der Waals surface area contributed by atoms with Gasteiger partial charge in [-0.3, -0.25) is 9.36 Å². The largest absolute Gasteiger partial charge is 0.455 e. The molecule has 0 fully saturated rings. The summed E-state index contributed by atoms with van der Waals surface area (Å²) < 4.78 is 20.9. The Hall–Kier alpha value is -2.38. The molecule has 2 rings (SSSR count). The minimum atomic E-state index is -0.911. The molecule has 0 saturated heterocycles. The number of carbonyl (C=O) groups is 1. The summed E-state index contributed by atoms with van der Waals surface area (Å²) in [7, 11) is 2.81. The summed E-state index contributed by atoms with van der Waals surface area (Å²) in [6.45, 7) is 1.49. The van der Waals surface area contributed by atoms with Crippen molar-refractivity contribution in [2.24, 2.45) is 14.1 Å². The van der Waals surface area contributed by atoms with Crippen LogP contribution in [-0.2, 0) is 23.6 Å². The number of aryl methyl sites for hydroxylation is 1. The summed E-state index contributed by atoms with van der Waals surface area (Å²) in [4.78, 5) is 35.6. The standard InChI is InChI=1S/C17H15Cl2FN2O4/c1-9(14-11(18)5-6-12(20)15(14)19)26-13(23)7-4-10-8-21(2)17(25)22(3)16(10)24/h4-9H,1-3H3/b7-4+. The number of ether oxygens (including phenoxy) is 1. The Balaban J connectivity index is 2.22. The van der Waals surface area contributed by atoms with Gasteiger partial charge in [0.1, 0.15) is 11.9 Å². The minimum Gasteiger partial charge on any atom is -0.455 e. The highest BCUT2D eigenvalue weighted by Crippen LogP contribution is 2.34. The van der Waals surface area contributed by atoms with Crippen LogP contribution in [0.4, 0.5) is 4.39 Å². The Morgan fingerprint density at radius 1 is 1.27 bits per heavy atom. The van der Waals surface area contributed by atoms with Gasteiger partial charge >= 0.3 is 11.7 Å². The Morgan fingerprint density at radius 2 is 1.92 bits per heavy atom. The first-order valence-electron chi connectivity index (χ1n) is 7.42. The summed E-state index contributed by atoms with van der Waals surface area (Å²) in [5.41, 5.74) is -0.769. The van der Waals surface area contributed by atoms with Crippen LogP contribution in [0.3, 0.4) is 0 Å². The van der Waals surface area contributed by atoms with E-state index in [1.54, 1.807) is 0 Å². The van der Waals surface area contributed by atoms with E-state index in [-0.39, 0.29) is 21.2 Å². The highest BCUT2D eigenvalue weighted by Gasteiger charge is 2.19. The van der Waals surface area contributed by atoms with Crippen LogP contribution in [0.1, 0.15) is 24.2 Å². The lowest BCUT2D eigenvalue weighted by Gasteiger charge is -2.15. The van der Waals surface area contributed by atoms with Crippen LogP contribution in [0.5, 0.6) is 0 Å². The van der Waals surface area contributed by atoms with Crippen LogP contribution in [0.25, 0.3) is 6.08 Å². The van der Waals surface area contributed by atoms with E-state index in [0.717, 1.165) is 16.7 Å². The molecule has 9 heteroatoms. The number of esters is 1. The summed E-state index contributed by atoms with van der Waals surface area (Å²) >= 11 is 11.9. The third-order valence-electron chi connectivity index (χ3n) is 3.65. The summed E-state index contributed by atoms with van der Waals surface area (Å²) in [5, 5.41) is -0.0682. The van der Waals surface area contributed by atoms with Gasteiger partial charge < -0.3 is 9.30 Å². The summed E-state index contributed by atoms with van der Waals surface area (Å²) in [6.07, 6.45) is 2.65. The molecule has 26 heavy (non-hydrogen) atoms. The lowest BCUT2D eigenvalue weighted by atomic mass is 10.1. The van der Waals surface area contributed by atoms with Crippen LogP contribution in [0.2, 0.25) is 10.0 Å². The second-order valence-electron chi connectivity index (χ2n) is 5.51. The van der Waals surface area contributed by atoms with Crippen molar-refractivity contribution in [2.75, 3.05) is 0 Å². The monoisotopic (exact) mass is 400 g/mol. The van der Waals surface area contributed by atoms with Gasteiger partial charge in [0.25, 0.3) is 5.56 Å². The molecular weight excluding hydrogens is 386 g/mol. The number of hydrogen-bond donors (Lipinski definition) is 0. The number of aromatic nitrogens is 2. The van der Waals surface area contributed by atoms with Gasteiger partial charge in [-0.15, -0.1) is 0 Å². The first kappa shape index (κ1) is 19.9. The van der Waals surface area contributed by atoms with Crippen LogP contribution in [0, 0.1) is 5.82 Å². The second kappa shape index (κ2) is 7.88. The molecule has 1 aromatic heterocycles. The predicted molar refractivity (Wildman–Crippen MR) is 96.9 cm³/mol. The van der Waals surface area contributed by atoms with Crippen molar-refractivity contribution in [1.82, 2.24) is 9.13 Å². The van der Waals surface area contributed by atoms with Gasteiger partial charge in [-0.1, -0.05) is 23.2 Å². The zero-order valence-electron chi connectivity index (χ0n) is 14.1. The topological polar surface area (TPSA) is 70.3 Å². The average Bonchev–Trinajstić information content (AvgIpc) is 2.58. The maximum atomic E-state index is 13.6. The maximum Gasteiger partial charge on any atom is 0.331 e. The van der Waals surface area contributed by atoms with Gasteiger partial charge in [0.15, 0.2) is 0 Å². The van der Waals surface area contributed by atoms with Gasteiger partial charge in [-0.2, -0.15) is 0 Å². The van der Waals surface area contributed by atoms with Crippen molar-refractivity contribution in [3.8, 4) is 0 Å². The molecule has 0 amide bonds. The molecule has 0 aliphatic carbocycles. The fourth-order valence-corrected chi connectivity index (χ4v) is 2.97. The highest BCUT2D eigenvalue weighted by molar-refractivity contribution is 6.36. The molecule has 1 atom stereocenters. The lowest BCUT2D eigenvalue weighted by molar-refractivity contribution is -0.142. The molecule has 0 N–H and O–H groups in total. The van der Waals surface area contributed by atoms with Crippen LogP contribution in [0.15, 0.2) is 34.0 Å². The third-order valence-corrected chi connectivity index (χ3v) is 4.36. The first-order chi connectivity index (χ1) is 12.1. The lowest BCUT2D eigenvalue weighted by Crippen LogP contribution is -2.37. The Bertz CT molecular complexity index is 1010. The Kier molecular flexibility index (Phi) is 6.05. The van der Waals surface area contributed by atoms with Gasteiger partial charge in [0.05, 0.1) is 10.6 Å². The van der Waals surface area contributed by atoms with E-state index in [0.29, 0.717) is 0 Å². The van der Waals surface area contributed by atoms with Crippen molar-refractivity contribution in [3.63, 3.8) is 0 Å². The second-order valence-corrected chi connectivity index (χ2v) is 6.30. The van der Waals surface area contributed by atoms with Crippen LogP contribution < -0.4 is 11.2 Å². The zero-order chi connectivity index (χ0) is 19.6. The molecule has 0 aliphatic heterocycles. The predicted octanol–water partition coefficient (Wildman–Crippen LogP) is 2.85. The van der Waals surface area contributed by atoms with Crippen molar-refractivity contribution in [3.05, 3.63) is 72.2 Å². The van der Waals surface area contributed by atoms with E-state index < -0.39 is 29.1 Å². The number of benzene rings is 1. The molecule has 6 nitrogen and oxygen atoms in total. The fourth-order valence-electron chi connectivity index (χ4n) is 2.30. The van der Waals surface area contributed by atoms with Crippen LogP contribution >= 0.6 is 23.2 Å². The summed E-state index contributed by atoms with van der Waals surface area (Å²) in [5.74, 6) is -1.47. The first-order valence-corrected chi connectivity index (χ1v) is 8.17. The van der Waals surface area contributed by atoms with Crippen LogP contribution in [-0.4, -0.2) is 15.1 Å². The van der Waals surface area contributed by atoms with E-state index in [9.17, 15) is 18.8 Å². The number of carbonyl (C=O) groups excluding carboxylic acids is 1. The molecule has 1 unspecified atom stereocenters. The number of nitrogens with zero attached hydrogens (tertiary/aromatic N) is 2. The molecule has 0 bridgehead atoms. The molecule has 0 saturated carbocycles. The third kappa shape index (κ3) is 4.05. The van der Waals surface area contributed by atoms with Crippen molar-refractivity contribution in [2.45, 2.75) is 13.0 Å². The molecule has 138 valence electrons. The van der Waals surface area contributed by atoms with E-state index in [1.165, 1.54) is 43.9 Å². The molecular formula is C17H15Cl2FN2O4. The number of hydrogen-bond acceptors (Lipinski definition) is 4. The SMILES string of the molecule is CC(OC(=O)/C=C/c1cn(C)c(=O)n(C)c1=O)c1c(Cl)ccc(F)c1Cl. The van der Waals surface area contributed by atoms with E-state index in [2.05, 4.69) is 0 Å². The highest BCUT2D eigenvalue weighted by atomic mass is 35.5. The smallest absolute Gasteiger partial charge is 0.331 e. The van der Waals surface area contributed by atoms with Gasteiger partial charge in [0, 0.05) is 37.0 Å². The fraction of sp³-hybridized carbons (Fsp3) is 0.235. The maximum absolute atomic E-state index is 13.6. The quantitative estimate of drug-likeness (QED) is 0.449. The Morgan fingerprint density at radius 3 is 2.58 bits per heavy atom. The average molecular weight is 401 g/mol. The summed E-state index contributed by atoms with van der Waals surface area (Å²) in [6, 6.07) is 2.42. The van der Waals surface area contributed by atoms with Gasteiger partial charge in [-0.05, 0) is 25.1 Å². The molecule has 0 radical (unpaired) electrons.